The number of ether oxygens (including phenoxy) is 3. The minimum absolute atomic E-state index is 0.206. The first-order chi connectivity index (χ1) is 16.5. The van der Waals surface area contributed by atoms with Crippen LogP contribution in [-0.4, -0.2) is 38.2 Å². The third-order valence-electron chi connectivity index (χ3n) is 4.67. The number of halogens is 1. The van der Waals surface area contributed by atoms with Crippen LogP contribution < -0.4 is 24.8 Å². The van der Waals surface area contributed by atoms with E-state index in [1.165, 1.54) is 0 Å². The van der Waals surface area contributed by atoms with Crippen molar-refractivity contribution < 1.29 is 23.8 Å². The van der Waals surface area contributed by atoms with Gasteiger partial charge in [0.15, 0.2) is 11.5 Å². The molecule has 2 N–H and O–H groups in total. The van der Waals surface area contributed by atoms with E-state index >= 15 is 0 Å². The van der Waals surface area contributed by atoms with E-state index in [1.807, 2.05) is 50.2 Å². The van der Waals surface area contributed by atoms with E-state index in [0.29, 0.717) is 47.6 Å². The van der Waals surface area contributed by atoms with Gasteiger partial charge in [-0.3, -0.25) is 9.59 Å². The number of carbonyl (C=O) groups excluding carboxylic acids is 2. The number of rotatable bonds is 11. The van der Waals surface area contributed by atoms with Gasteiger partial charge in [-0.2, -0.15) is 0 Å². The van der Waals surface area contributed by atoms with Crippen LogP contribution in [0.5, 0.6) is 17.2 Å². The topological polar surface area (TPSA) is 85.9 Å². The van der Waals surface area contributed by atoms with E-state index in [4.69, 9.17) is 25.8 Å². The molecule has 2 amide bonds. The smallest absolute Gasteiger partial charge is 0.251 e. The number of nitrogens with one attached hydrogen (secondary N) is 2. The Morgan fingerprint density at radius 1 is 0.882 bits per heavy atom. The molecule has 0 aliphatic rings. The summed E-state index contributed by atoms with van der Waals surface area (Å²) >= 11 is 6.14. The summed E-state index contributed by atoms with van der Waals surface area (Å²) in [5, 5.41) is 5.72. The maximum absolute atomic E-state index is 12.6. The molecule has 3 aromatic carbocycles. The zero-order chi connectivity index (χ0) is 24.3. The Bertz CT molecular complexity index is 1120. The summed E-state index contributed by atoms with van der Waals surface area (Å²) in [6.07, 6.45) is 0. The van der Waals surface area contributed by atoms with Crippen LogP contribution >= 0.6 is 11.6 Å². The maximum Gasteiger partial charge on any atom is 0.251 e. The van der Waals surface area contributed by atoms with Gasteiger partial charge in [-0.25, -0.2) is 0 Å². The van der Waals surface area contributed by atoms with E-state index in [9.17, 15) is 9.59 Å². The molecule has 0 bridgehead atoms. The van der Waals surface area contributed by atoms with Crippen LogP contribution in [0.25, 0.3) is 0 Å². The van der Waals surface area contributed by atoms with Gasteiger partial charge in [-0.1, -0.05) is 35.9 Å². The predicted molar refractivity (Wildman–Crippen MR) is 132 cm³/mol. The Kier molecular flexibility index (Phi) is 9.17. The Morgan fingerprint density at radius 3 is 2.38 bits per heavy atom. The first-order valence-corrected chi connectivity index (χ1v) is 11.3. The molecular formula is C26H27ClN2O5. The Morgan fingerprint density at radius 2 is 1.65 bits per heavy atom. The molecule has 0 aliphatic carbocycles. The largest absolute Gasteiger partial charge is 0.490 e. The molecule has 0 radical (unpaired) electrons. The molecule has 0 unspecified atom stereocenters. The number of para-hydroxylation sites is 1. The molecule has 0 heterocycles. The van der Waals surface area contributed by atoms with E-state index in [2.05, 4.69) is 10.6 Å². The van der Waals surface area contributed by atoms with Gasteiger partial charge in [0.25, 0.3) is 5.91 Å². The lowest BCUT2D eigenvalue weighted by atomic mass is 10.2. The lowest BCUT2D eigenvalue weighted by Gasteiger charge is -2.14. The summed E-state index contributed by atoms with van der Waals surface area (Å²) in [5.74, 6) is 0.900. The van der Waals surface area contributed by atoms with Crippen molar-refractivity contribution in [2.75, 3.05) is 31.7 Å². The standard InChI is InChI=1S/C26H27ClN2O5/c1-3-32-24-16-19(10-12-23(24)34-14-13-33-20-7-5-4-6-8-20)26(31)28-17-25(30)29-22-11-9-18(2)15-21(22)27/h4-12,15-16H,3,13-14,17H2,1-2H3,(H,28,31)(H,29,30). The quantitative estimate of drug-likeness (QED) is 0.381. The zero-order valence-electron chi connectivity index (χ0n) is 19.1. The second-order valence-corrected chi connectivity index (χ2v) is 7.73. The number of hydrogen-bond acceptors (Lipinski definition) is 5. The summed E-state index contributed by atoms with van der Waals surface area (Å²) < 4.78 is 17.0. The molecule has 3 aromatic rings. The van der Waals surface area contributed by atoms with Crippen LogP contribution in [0.1, 0.15) is 22.8 Å². The van der Waals surface area contributed by atoms with Crippen molar-refractivity contribution in [3.05, 3.63) is 82.9 Å². The zero-order valence-corrected chi connectivity index (χ0v) is 19.9. The van der Waals surface area contributed by atoms with Gasteiger partial charge in [0.05, 0.1) is 23.9 Å². The van der Waals surface area contributed by atoms with Gasteiger partial charge < -0.3 is 24.8 Å². The van der Waals surface area contributed by atoms with Crippen molar-refractivity contribution in [2.24, 2.45) is 0 Å². The van der Waals surface area contributed by atoms with Crippen LogP contribution in [0.3, 0.4) is 0 Å². The van der Waals surface area contributed by atoms with Crippen molar-refractivity contribution in [1.29, 1.82) is 0 Å². The van der Waals surface area contributed by atoms with Crippen molar-refractivity contribution in [3.63, 3.8) is 0 Å². The summed E-state index contributed by atoms with van der Waals surface area (Å²) in [7, 11) is 0. The molecular weight excluding hydrogens is 456 g/mol. The first-order valence-electron chi connectivity index (χ1n) is 10.9. The van der Waals surface area contributed by atoms with Crippen molar-refractivity contribution in [1.82, 2.24) is 5.32 Å². The number of benzene rings is 3. The molecule has 7 nitrogen and oxygen atoms in total. The Hall–Kier alpha value is -3.71. The summed E-state index contributed by atoms with van der Waals surface area (Å²) in [6, 6.07) is 19.6. The maximum atomic E-state index is 12.6. The number of hydrogen-bond donors (Lipinski definition) is 2. The average molecular weight is 483 g/mol. The van der Waals surface area contributed by atoms with Gasteiger partial charge in [0.2, 0.25) is 5.91 Å². The lowest BCUT2D eigenvalue weighted by molar-refractivity contribution is -0.115. The van der Waals surface area contributed by atoms with Crippen LogP contribution in [-0.2, 0) is 4.79 Å². The number of anilines is 1. The SMILES string of the molecule is CCOc1cc(C(=O)NCC(=O)Nc2ccc(C)cc2Cl)ccc1OCCOc1ccccc1. The second kappa shape index (κ2) is 12.5. The van der Waals surface area contributed by atoms with E-state index < -0.39 is 5.91 Å². The summed E-state index contributed by atoms with van der Waals surface area (Å²) in [6.45, 7) is 4.61. The summed E-state index contributed by atoms with van der Waals surface area (Å²) in [4.78, 5) is 24.8. The van der Waals surface area contributed by atoms with Gasteiger partial charge in [-0.15, -0.1) is 0 Å². The number of amides is 2. The third-order valence-corrected chi connectivity index (χ3v) is 4.98. The number of carbonyl (C=O) groups is 2. The Labute approximate surface area is 204 Å². The van der Waals surface area contributed by atoms with Crippen molar-refractivity contribution >= 4 is 29.1 Å². The Balaban J connectivity index is 1.53. The monoisotopic (exact) mass is 482 g/mol. The fourth-order valence-electron chi connectivity index (χ4n) is 3.04. The van der Waals surface area contributed by atoms with Crippen LogP contribution in [0, 0.1) is 6.92 Å². The average Bonchev–Trinajstić information content (AvgIpc) is 2.83. The molecule has 0 spiro atoms. The van der Waals surface area contributed by atoms with E-state index in [-0.39, 0.29) is 12.5 Å². The van der Waals surface area contributed by atoms with Gasteiger partial charge in [-0.05, 0) is 61.9 Å². The van der Waals surface area contributed by atoms with Gasteiger partial charge in [0, 0.05) is 5.56 Å². The molecule has 0 aromatic heterocycles. The molecule has 3 rings (SSSR count). The van der Waals surface area contributed by atoms with E-state index in [1.54, 1.807) is 30.3 Å². The molecule has 0 atom stereocenters. The minimum Gasteiger partial charge on any atom is -0.490 e. The first kappa shape index (κ1) is 24.9. The molecule has 0 fully saturated rings. The third kappa shape index (κ3) is 7.42. The molecule has 0 saturated carbocycles. The molecule has 8 heteroatoms. The molecule has 0 aliphatic heterocycles. The molecule has 34 heavy (non-hydrogen) atoms. The number of aryl methyl sites for hydroxylation is 1. The summed E-state index contributed by atoms with van der Waals surface area (Å²) in [5.41, 5.74) is 1.82. The fourth-order valence-corrected chi connectivity index (χ4v) is 3.33. The van der Waals surface area contributed by atoms with Crippen LogP contribution in [0.15, 0.2) is 66.7 Å². The fraction of sp³-hybridized carbons (Fsp3) is 0.231. The van der Waals surface area contributed by atoms with Crippen LogP contribution in [0.2, 0.25) is 5.02 Å². The van der Waals surface area contributed by atoms with Crippen LogP contribution in [0.4, 0.5) is 5.69 Å². The second-order valence-electron chi connectivity index (χ2n) is 7.32. The highest BCUT2D eigenvalue weighted by Crippen LogP contribution is 2.28. The van der Waals surface area contributed by atoms with E-state index in [0.717, 1.165) is 11.3 Å². The molecule has 0 saturated heterocycles. The van der Waals surface area contributed by atoms with Crippen molar-refractivity contribution in [3.8, 4) is 17.2 Å². The highest BCUT2D eigenvalue weighted by molar-refractivity contribution is 6.33. The molecule has 178 valence electrons. The van der Waals surface area contributed by atoms with Gasteiger partial charge in [0.1, 0.15) is 19.0 Å². The minimum atomic E-state index is -0.412. The van der Waals surface area contributed by atoms with Gasteiger partial charge >= 0.3 is 0 Å². The highest BCUT2D eigenvalue weighted by Gasteiger charge is 2.14. The highest BCUT2D eigenvalue weighted by atomic mass is 35.5. The van der Waals surface area contributed by atoms with Crippen molar-refractivity contribution in [2.45, 2.75) is 13.8 Å². The predicted octanol–water partition coefficient (Wildman–Crippen LogP) is 4.87. The lowest BCUT2D eigenvalue weighted by Crippen LogP contribution is -2.32. The normalized spacial score (nSPS) is 10.3.